The summed E-state index contributed by atoms with van der Waals surface area (Å²) in [6.07, 6.45) is 0.908. The first-order chi connectivity index (χ1) is 10.1. The Morgan fingerprint density at radius 1 is 1.14 bits per heavy atom. The van der Waals surface area contributed by atoms with Gasteiger partial charge < -0.3 is 10.6 Å². The van der Waals surface area contributed by atoms with E-state index in [1.54, 1.807) is 0 Å². The number of carbonyl (C=O) groups excluding carboxylic acids is 1. The number of anilines is 1. The van der Waals surface area contributed by atoms with Crippen LogP contribution in [-0.4, -0.2) is 18.5 Å². The summed E-state index contributed by atoms with van der Waals surface area (Å²) in [5.41, 5.74) is 2.07. The molecule has 1 amide bonds. The Kier molecular flexibility index (Phi) is 5.96. The highest BCUT2D eigenvalue weighted by atomic mass is 79.9. The van der Waals surface area contributed by atoms with E-state index in [0.717, 1.165) is 16.6 Å². The van der Waals surface area contributed by atoms with Gasteiger partial charge >= 0.3 is 0 Å². The predicted octanol–water partition coefficient (Wildman–Crippen LogP) is 3.61. The molecule has 0 aliphatic heterocycles. The first kappa shape index (κ1) is 15.7. The van der Waals surface area contributed by atoms with Gasteiger partial charge in [-0.2, -0.15) is 0 Å². The molecule has 0 fully saturated rings. The Hall–Kier alpha value is -1.65. The van der Waals surface area contributed by atoms with Crippen LogP contribution in [0.3, 0.4) is 0 Å². The molecule has 2 aromatic rings. The summed E-state index contributed by atoms with van der Waals surface area (Å²) >= 11 is 3.38. The topological polar surface area (TPSA) is 41.1 Å². The zero-order chi connectivity index (χ0) is 15.1. The maximum atomic E-state index is 11.9. The average Bonchev–Trinajstić information content (AvgIpc) is 2.46. The fraction of sp³-hybridized carbons (Fsp3) is 0.235. The summed E-state index contributed by atoms with van der Waals surface area (Å²) in [4.78, 5) is 11.9. The van der Waals surface area contributed by atoms with Gasteiger partial charge in [0.05, 0.1) is 6.54 Å². The van der Waals surface area contributed by atoms with Gasteiger partial charge in [-0.15, -0.1) is 0 Å². The summed E-state index contributed by atoms with van der Waals surface area (Å²) in [5, 5.41) is 6.11. The number of nitrogens with one attached hydrogen (secondary N) is 2. The fourth-order valence-corrected chi connectivity index (χ4v) is 2.48. The summed E-state index contributed by atoms with van der Waals surface area (Å²) < 4.78 is 0.950. The summed E-state index contributed by atoms with van der Waals surface area (Å²) in [6.45, 7) is 2.39. The molecule has 0 aliphatic carbocycles. The summed E-state index contributed by atoms with van der Waals surface area (Å²) in [6, 6.07) is 18.1. The molecule has 0 aromatic heterocycles. The van der Waals surface area contributed by atoms with E-state index >= 15 is 0 Å². The molecule has 1 atom stereocenters. The van der Waals surface area contributed by atoms with Gasteiger partial charge in [-0.3, -0.25) is 4.79 Å². The van der Waals surface area contributed by atoms with Gasteiger partial charge in [0.15, 0.2) is 0 Å². The van der Waals surface area contributed by atoms with Crippen molar-refractivity contribution in [1.82, 2.24) is 5.32 Å². The molecule has 2 rings (SSSR count). The SMILES string of the molecule is CC(Cc1ccccc1)NCC(=O)Nc1cccc(Br)c1. The second-order valence-corrected chi connectivity index (χ2v) is 5.95. The molecule has 0 aliphatic rings. The molecule has 110 valence electrons. The number of carbonyl (C=O) groups is 1. The molecule has 1 unspecified atom stereocenters. The fourth-order valence-electron chi connectivity index (χ4n) is 2.08. The van der Waals surface area contributed by atoms with E-state index in [1.165, 1.54) is 5.56 Å². The monoisotopic (exact) mass is 346 g/mol. The van der Waals surface area contributed by atoms with Crippen LogP contribution < -0.4 is 10.6 Å². The molecule has 0 saturated heterocycles. The van der Waals surface area contributed by atoms with Crippen molar-refractivity contribution < 1.29 is 4.79 Å². The number of benzene rings is 2. The standard InChI is InChI=1S/C17H19BrN2O/c1-13(10-14-6-3-2-4-7-14)19-12-17(21)20-16-9-5-8-15(18)11-16/h2-9,11,13,19H,10,12H2,1H3,(H,20,21). The number of hydrogen-bond acceptors (Lipinski definition) is 2. The minimum Gasteiger partial charge on any atom is -0.325 e. The second-order valence-electron chi connectivity index (χ2n) is 5.03. The molecular weight excluding hydrogens is 328 g/mol. The van der Waals surface area contributed by atoms with Crippen molar-refractivity contribution in [3.63, 3.8) is 0 Å². The summed E-state index contributed by atoms with van der Waals surface area (Å²) in [7, 11) is 0. The van der Waals surface area contributed by atoms with E-state index < -0.39 is 0 Å². The molecule has 4 heteroatoms. The predicted molar refractivity (Wildman–Crippen MR) is 90.4 cm³/mol. The van der Waals surface area contributed by atoms with Gasteiger partial charge in [-0.1, -0.05) is 52.3 Å². The largest absolute Gasteiger partial charge is 0.325 e. The lowest BCUT2D eigenvalue weighted by molar-refractivity contribution is -0.115. The van der Waals surface area contributed by atoms with Crippen molar-refractivity contribution >= 4 is 27.5 Å². The molecule has 0 bridgehead atoms. The highest BCUT2D eigenvalue weighted by molar-refractivity contribution is 9.10. The van der Waals surface area contributed by atoms with Crippen molar-refractivity contribution in [2.75, 3.05) is 11.9 Å². The van der Waals surface area contributed by atoms with Crippen LogP contribution in [0.5, 0.6) is 0 Å². The third kappa shape index (κ3) is 5.69. The second kappa shape index (κ2) is 7.96. The van der Waals surface area contributed by atoms with Crippen LogP contribution in [-0.2, 0) is 11.2 Å². The van der Waals surface area contributed by atoms with Crippen LogP contribution >= 0.6 is 15.9 Å². The van der Waals surface area contributed by atoms with Crippen molar-refractivity contribution in [2.45, 2.75) is 19.4 Å². The van der Waals surface area contributed by atoms with Crippen molar-refractivity contribution in [3.05, 3.63) is 64.6 Å². The third-order valence-electron chi connectivity index (χ3n) is 3.10. The van der Waals surface area contributed by atoms with E-state index in [9.17, 15) is 4.79 Å². The van der Waals surface area contributed by atoms with Crippen LogP contribution in [0.15, 0.2) is 59.1 Å². The molecule has 0 saturated carbocycles. The van der Waals surface area contributed by atoms with E-state index in [2.05, 4.69) is 45.6 Å². The first-order valence-corrected chi connectivity index (χ1v) is 7.75. The quantitative estimate of drug-likeness (QED) is 0.838. The van der Waals surface area contributed by atoms with Crippen molar-refractivity contribution in [1.29, 1.82) is 0 Å². The Labute approximate surface area is 133 Å². The van der Waals surface area contributed by atoms with Gasteiger partial charge in [0.1, 0.15) is 0 Å². The zero-order valence-electron chi connectivity index (χ0n) is 12.0. The smallest absolute Gasteiger partial charge is 0.238 e. The molecule has 0 spiro atoms. The van der Waals surface area contributed by atoms with Crippen molar-refractivity contribution in [2.24, 2.45) is 0 Å². The first-order valence-electron chi connectivity index (χ1n) is 6.96. The molecule has 3 nitrogen and oxygen atoms in total. The van der Waals surface area contributed by atoms with Gasteiger partial charge in [-0.25, -0.2) is 0 Å². The maximum Gasteiger partial charge on any atom is 0.238 e. The average molecular weight is 347 g/mol. The maximum absolute atomic E-state index is 11.9. The van der Waals surface area contributed by atoms with Crippen LogP contribution in [0, 0.1) is 0 Å². The molecule has 2 aromatic carbocycles. The highest BCUT2D eigenvalue weighted by Crippen LogP contribution is 2.15. The Balaban J connectivity index is 1.76. The lowest BCUT2D eigenvalue weighted by Gasteiger charge is -2.14. The normalized spacial score (nSPS) is 11.9. The van der Waals surface area contributed by atoms with Gasteiger partial charge in [0, 0.05) is 16.2 Å². The Morgan fingerprint density at radius 2 is 1.90 bits per heavy atom. The minimum atomic E-state index is -0.0342. The summed E-state index contributed by atoms with van der Waals surface area (Å²) in [5.74, 6) is -0.0342. The van der Waals surface area contributed by atoms with E-state index in [1.807, 2.05) is 42.5 Å². The zero-order valence-corrected chi connectivity index (χ0v) is 13.6. The van der Waals surface area contributed by atoms with E-state index in [-0.39, 0.29) is 11.9 Å². The Bertz CT molecular complexity index is 586. The molecule has 2 N–H and O–H groups in total. The van der Waals surface area contributed by atoms with E-state index in [4.69, 9.17) is 0 Å². The molecular formula is C17H19BrN2O. The number of amides is 1. The van der Waals surface area contributed by atoms with Gasteiger partial charge in [-0.05, 0) is 37.1 Å². The van der Waals surface area contributed by atoms with Crippen molar-refractivity contribution in [3.8, 4) is 0 Å². The molecule has 0 radical (unpaired) electrons. The van der Waals surface area contributed by atoms with Crippen LogP contribution in [0.25, 0.3) is 0 Å². The lowest BCUT2D eigenvalue weighted by atomic mass is 10.1. The van der Waals surface area contributed by atoms with Gasteiger partial charge in [0.25, 0.3) is 0 Å². The number of halogens is 1. The van der Waals surface area contributed by atoms with Crippen LogP contribution in [0.2, 0.25) is 0 Å². The number of hydrogen-bond donors (Lipinski definition) is 2. The molecule has 0 heterocycles. The van der Waals surface area contributed by atoms with Gasteiger partial charge in [0.2, 0.25) is 5.91 Å². The molecule has 21 heavy (non-hydrogen) atoms. The Morgan fingerprint density at radius 3 is 2.62 bits per heavy atom. The van der Waals surface area contributed by atoms with E-state index in [0.29, 0.717) is 6.54 Å². The highest BCUT2D eigenvalue weighted by Gasteiger charge is 2.07. The number of rotatable bonds is 6. The van der Waals surface area contributed by atoms with Crippen LogP contribution in [0.1, 0.15) is 12.5 Å². The van der Waals surface area contributed by atoms with Crippen LogP contribution in [0.4, 0.5) is 5.69 Å². The minimum absolute atomic E-state index is 0.0342. The third-order valence-corrected chi connectivity index (χ3v) is 3.60. The lowest BCUT2D eigenvalue weighted by Crippen LogP contribution is -2.35.